The quantitative estimate of drug-likeness (QED) is 0.543. The van der Waals surface area contributed by atoms with Gasteiger partial charge in [0.25, 0.3) is 0 Å². The molecular weight excluding hydrogens is 120 g/mol. The van der Waals surface area contributed by atoms with Gasteiger partial charge in [-0.25, -0.2) is 0 Å². The van der Waals surface area contributed by atoms with Crippen molar-refractivity contribution in [2.24, 2.45) is 5.92 Å². The fourth-order valence-electron chi connectivity index (χ4n) is 0.921. The first-order chi connectivity index (χ1) is 4.72. The Morgan fingerprint density at radius 2 is 1.80 bits per heavy atom. The number of hydrogen-bond donors (Lipinski definition) is 0. The van der Waals surface area contributed by atoms with Gasteiger partial charge in [0.05, 0.1) is 0 Å². The maximum atomic E-state index is 4.00. The third-order valence-electron chi connectivity index (χ3n) is 1.73. The van der Waals surface area contributed by atoms with Crippen LogP contribution in [0.25, 0.3) is 0 Å². The molecule has 1 saturated carbocycles. The summed E-state index contributed by atoms with van der Waals surface area (Å²) >= 11 is 0. The highest BCUT2D eigenvalue weighted by atomic mass is 14.2. The van der Waals surface area contributed by atoms with Crippen LogP contribution in [-0.2, 0) is 0 Å². The summed E-state index contributed by atoms with van der Waals surface area (Å²) in [5.41, 5.74) is 1.23. The van der Waals surface area contributed by atoms with Gasteiger partial charge in [0.1, 0.15) is 0 Å². The van der Waals surface area contributed by atoms with Crippen LogP contribution < -0.4 is 0 Å². The minimum absolute atomic E-state index is 0.558. The van der Waals surface area contributed by atoms with Gasteiger partial charge < -0.3 is 0 Å². The molecule has 0 nitrogen and oxygen atoms in total. The average molecular weight is 133 g/mol. The molecule has 0 saturated heterocycles. The van der Waals surface area contributed by atoms with Crippen LogP contribution in [0.3, 0.4) is 0 Å². The van der Waals surface area contributed by atoms with Crippen LogP contribution in [0.1, 0.15) is 13.8 Å². The first-order valence-electron chi connectivity index (χ1n) is 3.62. The lowest BCUT2D eigenvalue weighted by Gasteiger charge is -2.14. The zero-order valence-corrected chi connectivity index (χ0v) is 6.59. The van der Waals surface area contributed by atoms with Crippen LogP contribution in [0.4, 0.5) is 0 Å². The predicted octanol–water partition coefficient (Wildman–Crippen LogP) is 2.60. The zero-order valence-electron chi connectivity index (χ0n) is 6.59. The molecule has 0 amide bonds. The Balaban J connectivity index is 2.40. The average Bonchev–Trinajstić information content (AvgIpc) is 2.36. The predicted molar refractivity (Wildman–Crippen MR) is 44.4 cm³/mol. The van der Waals surface area contributed by atoms with Crippen molar-refractivity contribution < 1.29 is 0 Å². The highest BCUT2D eigenvalue weighted by Crippen LogP contribution is 2.32. The lowest BCUT2D eigenvalue weighted by Crippen LogP contribution is -2.02. The van der Waals surface area contributed by atoms with Crippen LogP contribution in [0, 0.1) is 37.5 Å². The Labute approximate surface area is 64.3 Å². The summed E-state index contributed by atoms with van der Waals surface area (Å²) in [5, 5.41) is 0. The Hall–Kier alpha value is -0.260. The van der Waals surface area contributed by atoms with Gasteiger partial charge in [-0.05, 0) is 31.6 Å². The lowest BCUT2D eigenvalue weighted by molar-refractivity contribution is 0.765. The fraction of sp³-hybridized carbons (Fsp3) is 0.300. The summed E-state index contributed by atoms with van der Waals surface area (Å²) < 4.78 is 0. The Morgan fingerprint density at radius 3 is 2.20 bits per heavy atom. The molecule has 0 spiro atoms. The largest absolute Gasteiger partial charge is 0.0990 e. The summed E-state index contributed by atoms with van der Waals surface area (Å²) in [4.78, 5) is 0. The lowest BCUT2D eigenvalue weighted by atomic mass is 9.90. The molecule has 0 aromatic heterocycles. The van der Waals surface area contributed by atoms with Gasteiger partial charge in [0.2, 0.25) is 0 Å². The minimum atomic E-state index is 0.558. The molecule has 0 aromatic carbocycles. The number of allylic oxidation sites excluding steroid dienone is 1. The van der Waals surface area contributed by atoms with E-state index in [-0.39, 0.29) is 0 Å². The van der Waals surface area contributed by atoms with Gasteiger partial charge in [-0.15, -0.1) is 0 Å². The van der Waals surface area contributed by atoms with E-state index in [1.165, 1.54) is 11.5 Å². The van der Waals surface area contributed by atoms with Crippen molar-refractivity contribution in [1.82, 2.24) is 0 Å². The molecule has 5 radical (unpaired) electrons. The van der Waals surface area contributed by atoms with E-state index in [2.05, 4.69) is 33.3 Å². The Morgan fingerprint density at radius 1 is 1.30 bits per heavy atom. The molecular formula is C10H13. The van der Waals surface area contributed by atoms with E-state index in [1.54, 1.807) is 0 Å². The number of rotatable bonds is 2. The van der Waals surface area contributed by atoms with Crippen LogP contribution in [0.2, 0.25) is 0 Å². The van der Waals surface area contributed by atoms with Gasteiger partial charge >= 0.3 is 0 Å². The third kappa shape index (κ3) is 1.62. The Bertz CT molecular complexity index is 116. The fourth-order valence-corrected chi connectivity index (χ4v) is 0.921. The van der Waals surface area contributed by atoms with Crippen LogP contribution in [-0.4, -0.2) is 0 Å². The summed E-state index contributed by atoms with van der Waals surface area (Å²) in [7, 11) is 0. The van der Waals surface area contributed by atoms with Crippen molar-refractivity contribution in [3.63, 3.8) is 0 Å². The SMILES string of the molecule is C=C([C]1[CH][CH][CH][CH]1)C(C)C. The normalized spacial score (nSPS) is 20.3. The van der Waals surface area contributed by atoms with Crippen molar-refractivity contribution in [1.29, 1.82) is 0 Å². The molecule has 0 heterocycles. The highest BCUT2D eigenvalue weighted by molar-refractivity contribution is 5.47. The molecule has 0 aromatic rings. The van der Waals surface area contributed by atoms with Crippen molar-refractivity contribution >= 4 is 0 Å². The highest BCUT2D eigenvalue weighted by Gasteiger charge is 2.20. The van der Waals surface area contributed by atoms with E-state index in [1.807, 2.05) is 12.8 Å². The van der Waals surface area contributed by atoms with Gasteiger partial charge in [-0.3, -0.25) is 0 Å². The van der Waals surface area contributed by atoms with Crippen LogP contribution >= 0.6 is 0 Å². The topological polar surface area (TPSA) is 0 Å². The monoisotopic (exact) mass is 133 g/mol. The second kappa shape index (κ2) is 3.23. The second-order valence-corrected chi connectivity index (χ2v) is 2.85. The van der Waals surface area contributed by atoms with Gasteiger partial charge in [-0.1, -0.05) is 26.0 Å². The van der Waals surface area contributed by atoms with Crippen molar-refractivity contribution in [2.45, 2.75) is 13.8 Å². The summed E-state index contributed by atoms with van der Waals surface area (Å²) in [6.07, 6.45) is 8.29. The van der Waals surface area contributed by atoms with E-state index in [4.69, 9.17) is 0 Å². The maximum Gasteiger partial charge on any atom is 0.00793 e. The molecule has 0 N–H and O–H groups in total. The van der Waals surface area contributed by atoms with Crippen molar-refractivity contribution in [3.05, 3.63) is 43.8 Å². The molecule has 0 aliphatic heterocycles. The van der Waals surface area contributed by atoms with Crippen molar-refractivity contribution in [3.8, 4) is 0 Å². The van der Waals surface area contributed by atoms with Crippen molar-refractivity contribution in [2.75, 3.05) is 0 Å². The summed E-state index contributed by atoms with van der Waals surface area (Å²) in [6, 6.07) is 0. The molecule has 0 atom stereocenters. The van der Waals surface area contributed by atoms with Crippen LogP contribution in [0.15, 0.2) is 12.2 Å². The van der Waals surface area contributed by atoms with E-state index in [0.717, 1.165) is 0 Å². The first kappa shape index (κ1) is 7.84. The molecule has 1 aliphatic carbocycles. The molecule has 1 rings (SSSR count). The second-order valence-electron chi connectivity index (χ2n) is 2.85. The first-order valence-corrected chi connectivity index (χ1v) is 3.62. The molecule has 0 bridgehead atoms. The molecule has 53 valence electrons. The van der Waals surface area contributed by atoms with E-state index in [0.29, 0.717) is 5.92 Å². The third-order valence-corrected chi connectivity index (χ3v) is 1.73. The molecule has 10 heavy (non-hydrogen) atoms. The summed E-state index contributed by atoms with van der Waals surface area (Å²) in [5.74, 6) is 1.83. The molecule has 1 aliphatic rings. The van der Waals surface area contributed by atoms with E-state index < -0.39 is 0 Å². The minimum Gasteiger partial charge on any atom is -0.0990 e. The maximum absolute atomic E-state index is 4.00. The number of hydrogen-bond acceptors (Lipinski definition) is 0. The smallest absolute Gasteiger partial charge is 0.00793 e. The standard InChI is InChI=1S/C10H13/c1-8(2)9(3)10-6-4-5-7-10/h4-8H,3H2,1-2H3. The Kier molecular flexibility index (Phi) is 2.53. The van der Waals surface area contributed by atoms with Gasteiger partial charge in [0, 0.05) is 5.92 Å². The molecule has 0 unspecified atom stereocenters. The van der Waals surface area contributed by atoms with Gasteiger partial charge in [0.15, 0.2) is 0 Å². The summed E-state index contributed by atoms with van der Waals surface area (Å²) in [6.45, 7) is 8.32. The zero-order chi connectivity index (χ0) is 7.56. The van der Waals surface area contributed by atoms with Gasteiger partial charge in [-0.2, -0.15) is 0 Å². The molecule has 0 heteroatoms. The van der Waals surface area contributed by atoms with E-state index >= 15 is 0 Å². The van der Waals surface area contributed by atoms with E-state index in [9.17, 15) is 0 Å². The molecule has 1 fully saturated rings. The van der Waals surface area contributed by atoms with Crippen LogP contribution in [0.5, 0.6) is 0 Å².